The van der Waals surface area contributed by atoms with Crippen molar-refractivity contribution in [1.82, 2.24) is 0 Å². The summed E-state index contributed by atoms with van der Waals surface area (Å²) < 4.78 is 0. The summed E-state index contributed by atoms with van der Waals surface area (Å²) in [6.07, 6.45) is 1.01. The summed E-state index contributed by atoms with van der Waals surface area (Å²) in [6.45, 7) is 2.18. The Hall–Kier alpha value is -2.54. The molecule has 0 aromatic heterocycles. The fourth-order valence-electron chi connectivity index (χ4n) is 3.17. The third-order valence-electron chi connectivity index (χ3n) is 4.20. The molecule has 0 bridgehead atoms. The molecule has 0 unspecified atom stereocenters. The van der Waals surface area contributed by atoms with Crippen LogP contribution < -0.4 is 4.90 Å². The fraction of sp³-hybridized carbons (Fsp3) is 0.100. The summed E-state index contributed by atoms with van der Waals surface area (Å²) in [5.41, 5.74) is 7.93. The first kappa shape index (κ1) is 12.2. The molecular formula is C20H17N. The lowest BCUT2D eigenvalue weighted by atomic mass is 9.94. The molecule has 0 radical (unpaired) electrons. The number of hydrogen-bond acceptors (Lipinski definition) is 1. The first-order chi connectivity index (χ1) is 10.3. The molecule has 3 aromatic carbocycles. The second-order valence-electron chi connectivity index (χ2n) is 5.56. The molecule has 1 nitrogen and oxygen atoms in total. The second kappa shape index (κ2) is 4.78. The molecule has 1 aliphatic rings. The van der Waals surface area contributed by atoms with E-state index in [0.29, 0.717) is 0 Å². The molecule has 3 aromatic rings. The predicted molar refractivity (Wildman–Crippen MR) is 88.7 cm³/mol. The van der Waals surface area contributed by atoms with Gasteiger partial charge in [-0.2, -0.15) is 0 Å². The number of fused-ring (bicyclic) bond motifs is 2. The molecule has 1 heterocycles. The number of hydrogen-bond donors (Lipinski definition) is 0. The van der Waals surface area contributed by atoms with Crippen molar-refractivity contribution in [3.63, 3.8) is 0 Å². The van der Waals surface area contributed by atoms with E-state index in [1.165, 1.54) is 33.8 Å². The molecule has 0 atom stereocenters. The van der Waals surface area contributed by atoms with E-state index in [2.05, 4.69) is 84.6 Å². The number of para-hydroxylation sites is 3. The molecule has 0 fully saturated rings. The lowest BCUT2D eigenvalue weighted by Gasteiger charge is -2.34. The van der Waals surface area contributed by atoms with Crippen LogP contribution in [0.15, 0.2) is 72.8 Å². The van der Waals surface area contributed by atoms with Gasteiger partial charge >= 0.3 is 0 Å². The van der Waals surface area contributed by atoms with Crippen LogP contribution in [-0.4, -0.2) is 0 Å². The summed E-state index contributed by atoms with van der Waals surface area (Å²) >= 11 is 0. The Morgan fingerprint density at radius 2 is 1.10 bits per heavy atom. The van der Waals surface area contributed by atoms with E-state index in [0.717, 1.165) is 6.42 Å². The molecule has 0 spiro atoms. The van der Waals surface area contributed by atoms with Gasteiger partial charge in [0.15, 0.2) is 0 Å². The van der Waals surface area contributed by atoms with Gasteiger partial charge < -0.3 is 4.90 Å². The average molecular weight is 271 g/mol. The Bertz CT molecular complexity index is 744. The highest BCUT2D eigenvalue weighted by atomic mass is 15.2. The standard InChI is InChI=1S/C20H17N/c1-15-8-2-5-11-18(15)21-19-12-6-3-9-16(19)14-17-10-4-7-13-20(17)21/h2-13H,14H2,1H3. The van der Waals surface area contributed by atoms with Gasteiger partial charge in [0.1, 0.15) is 0 Å². The van der Waals surface area contributed by atoms with Crippen LogP contribution in [0.3, 0.4) is 0 Å². The molecule has 0 aliphatic carbocycles. The first-order valence-electron chi connectivity index (χ1n) is 7.36. The Labute approximate surface area is 125 Å². The molecule has 0 amide bonds. The lowest BCUT2D eigenvalue weighted by Crippen LogP contribution is -2.19. The molecule has 102 valence electrons. The van der Waals surface area contributed by atoms with Gasteiger partial charge in [0.2, 0.25) is 0 Å². The lowest BCUT2D eigenvalue weighted by molar-refractivity contribution is 1.08. The molecule has 1 aliphatic heterocycles. The van der Waals surface area contributed by atoms with Crippen molar-refractivity contribution in [2.45, 2.75) is 13.3 Å². The minimum absolute atomic E-state index is 1.01. The van der Waals surface area contributed by atoms with Crippen molar-refractivity contribution in [2.24, 2.45) is 0 Å². The highest BCUT2D eigenvalue weighted by molar-refractivity contribution is 5.84. The third-order valence-corrected chi connectivity index (χ3v) is 4.20. The largest absolute Gasteiger partial charge is 0.310 e. The van der Waals surface area contributed by atoms with Crippen molar-refractivity contribution in [3.8, 4) is 0 Å². The number of rotatable bonds is 1. The van der Waals surface area contributed by atoms with Gasteiger partial charge in [-0.1, -0.05) is 54.6 Å². The normalized spacial score (nSPS) is 12.7. The maximum Gasteiger partial charge on any atom is 0.0497 e. The van der Waals surface area contributed by atoms with Crippen LogP contribution in [0.25, 0.3) is 0 Å². The average Bonchev–Trinajstić information content (AvgIpc) is 2.53. The Morgan fingerprint density at radius 3 is 1.67 bits per heavy atom. The highest BCUT2D eigenvalue weighted by Crippen LogP contribution is 2.44. The molecule has 0 N–H and O–H groups in total. The summed E-state index contributed by atoms with van der Waals surface area (Å²) in [6, 6.07) is 26.0. The van der Waals surface area contributed by atoms with Crippen LogP contribution in [0.1, 0.15) is 16.7 Å². The topological polar surface area (TPSA) is 3.24 Å². The zero-order valence-corrected chi connectivity index (χ0v) is 12.1. The maximum absolute atomic E-state index is 2.39. The van der Waals surface area contributed by atoms with Crippen LogP contribution >= 0.6 is 0 Å². The van der Waals surface area contributed by atoms with Crippen molar-refractivity contribution in [2.75, 3.05) is 4.90 Å². The zero-order chi connectivity index (χ0) is 14.2. The van der Waals surface area contributed by atoms with Crippen molar-refractivity contribution in [3.05, 3.63) is 89.5 Å². The maximum atomic E-state index is 2.39. The van der Waals surface area contributed by atoms with Crippen LogP contribution in [0.4, 0.5) is 17.1 Å². The smallest absolute Gasteiger partial charge is 0.0497 e. The van der Waals surface area contributed by atoms with Crippen molar-refractivity contribution < 1.29 is 0 Å². The molecule has 21 heavy (non-hydrogen) atoms. The second-order valence-corrected chi connectivity index (χ2v) is 5.56. The van der Waals surface area contributed by atoms with Gasteiger partial charge in [0.05, 0.1) is 0 Å². The van der Waals surface area contributed by atoms with Crippen LogP contribution in [0, 0.1) is 6.92 Å². The fourth-order valence-corrected chi connectivity index (χ4v) is 3.17. The minimum atomic E-state index is 1.01. The van der Waals surface area contributed by atoms with E-state index < -0.39 is 0 Å². The summed E-state index contributed by atoms with van der Waals surface area (Å²) in [4.78, 5) is 2.39. The third kappa shape index (κ3) is 1.93. The van der Waals surface area contributed by atoms with Crippen LogP contribution in [0.2, 0.25) is 0 Å². The highest BCUT2D eigenvalue weighted by Gasteiger charge is 2.23. The van der Waals surface area contributed by atoms with E-state index in [4.69, 9.17) is 0 Å². The number of anilines is 3. The van der Waals surface area contributed by atoms with Gasteiger partial charge in [0, 0.05) is 23.5 Å². The summed E-state index contributed by atoms with van der Waals surface area (Å²) in [5, 5.41) is 0. The molecule has 0 saturated heterocycles. The quantitative estimate of drug-likeness (QED) is 0.450. The van der Waals surface area contributed by atoms with Gasteiger partial charge in [0.25, 0.3) is 0 Å². The number of aryl methyl sites for hydroxylation is 1. The Kier molecular flexibility index (Phi) is 2.78. The minimum Gasteiger partial charge on any atom is -0.310 e. The SMILES string of the molecule is Cc1ccccc1N1c2ccccc2Cc2ccccc21. The van der Waals surface area contributed by atoms with Crippen LogP contribution in [-0.2, 0) is 6.42 Å². The molecule has 4 rings (SSSR count). The van der Waals surface area contributed by atoms with Gasteiger partial charge in [-0.15, -0.1) is 0 Å². The van der Waals surface area contributed by atoms with Crippen molar-refractivity contribution in [1.29, 1.82) is 0 Å². The van der Waals surface area contributed by atoms with E-state index in [9.17, 15) is 0 Å². The van der Waals surface area contributed by atoms with Crippen molar-refractivity contribution >= 4 is 17.1 Å². The van der Waals surface area contributed by atoms with E-state index in [-0.39, 0.29) is 0 Å². The Morgan fingerprint density at radius 1 is 0.619 bits per heavy atom. The Balaban J connectivity index is 2.00. The number of benzene rings is 3. The summed E-state index contributed by atoms with van der Waals surface area (Å²) in [5.74, 6) is 0. The zero-order valence-electron chi connectivity index (χ0n) is 12.1. The van der Waals surface area contributed by atoms with E-state index >= 15 is 0 Å². The van der Waals surface area contributed by atoms with E-state index in [1.54, 1.807) is 0 Å². The predicted octanol–water partition coefficient (Wildman–Crippen LogP) is 5.37. The number of nitrogens with zero attached hydrogens (tertiary/aromatic N) is 1. The van der Waals surface area contributed by atoms with Crippen LogP contribution in [0.5, 0.6) is 0 Å². The molecule has 0 saturated carbocycles. The summed E-state index contributed by atoms with van der Waals surface area (Å²) in [7, 11) is 0. The first-order valence-corrected chi connectivity index (χ1v) is 7.36. The van der Waals surface area contributed by atoms with Gasteiger partial charge in [-0.3, -0.25) is 0 Å². The monoisotopic (exact) mass is 271 g/mol. The molecule has 1 heteroatoms. The van der Waals surface area contributed by atoms with Gasteiger partial charge in [-0.25, -0.2) is 0 Å². The van der Waals surface area contributed by atoms with Gasteiger partial charge in [-0.05, 0) is 41.8 Å². The molecular weight excluding hydrogens is 254 g/mol. The van der Waals surface area contributed by atoms with E-state index in [1.807, 2.05) is 0 Å².